The number of benzene rings is 1. The van der Waals surface area contributed by atoms with Gasteiger partial charge in [-0.3, -0.25) is 9.59 Å². The van der Waals surface area contributed by atoms with E-state index < -0.39 is 0 Å². The van der Waals surface area contributed by atoms with Gasteiger partial charge in [-0.25, -0.2) is 0 Å². The molecule has 0 aliphatic carbocycles. The SMILES string of the molecule is COc1ccc(CNC(=O)[C@@H]2CC(=O)N(C(C)C)C2)cc1. The van der Waals surface area contributed by atoms with Gasteiger partial charge in [-0.1, -0.05) is 12.1 Å². The minimum absolute atomic E-state index is 0.0534. The molecule has 0 saturated carbocycles. The molecule has 1 aromatic carbocycles. The number of nitrogens with zero attached hydrogens (tertiary/aromatic N) is 1. The highest BCUT2D eigenvalue weighted by molar-refractivity contribution is 5.89. The lowest BCUT2D eigenvalue weighted by atomic mass is 10.1. The van der Waals surface area contributed by atoms with Gasteiger partial charge in [0.2, 0.25) is 11.8 Å². The molecule has 0 radical (unpaired) electrons. The maximum Gasteiger partial charge on any atom is 0.225 e. The van der Waals surface area contributed by atoms with E-state index in [1.165, 1.54) is 0 Å². The molecule has 1 aromatic rings. The van der Waals surface area contributed by atoms with Crippen LogP contribution in [0.4, 0.5) is 0 Å². The third-order valence-corrected chi connectivity index (χ3v) is 3.78. The van der Waals surface area contributed by atoms with Gasteiger partial charge in [0.1, 0.15) is 5.75 Å². The lowest BCUT2D eigenvalue weighted by Gasteiger charge is -2.20. The van der Waals surface area contributed by atoms with E-state index >= 15 is 0 Å². The van der Waals surface area contributed by atoms with Gasteiger partial charge in [0.25, 0.3) is 0 Å². The summed E-state index contributed by atoms with van der Waals surface area (Å²) < 4.78 is 5.09. The van der Waals surface area contributed by atoms with Gasteiger partial charge in [0.05, 0.1) is 13.0 Å². The Morgan fingerprint density at radius 2 is 2.05 bits per heavy atom. The van der Waals surface area contributed by atoms with Crippen LogP contribution in [0.15, 0.2) is 24.3 Å². The van der Waals surface area contributed by atoms with Gasteiger partial charge >= 0.3 is 0 Å². The van der Waals surface area contributed by atoms with E-state index in [9.17, 15) is 9.59 Å². The smallest absolute Gasteiger partial charge is 0.225 e. The Kier molecular flexibility index (Phi) is 4.83. The molecule has 0 spiro atoms. The van der Waals surface area contributed by atoms with Crippen molar-refractivity contribution >= 4 is 11.8 Å². The van der Waals surface area contributed by atoms with E-state index in [4.69, 9.17) is 4.74 Å². The summed E-state index contributed by atoms with van der Waals surface area (Å²) in [6, 6.07) is 7.71. The molecule has 1 atom stereocenters. The zero-order chi connectivity index (χ0) is 15.4. The van der Waals surface area contributed by atoms with E-state index in [-0.39, 0.29) is 23.8 Å². The summed E-state index contributed by atoms with van der Waals surface area (Å²) in [6.07, 6.45) is 0.312. The molecule has 0 aromatic heterocycles. The standard InChI is InChI=1S/C16H22N2O3/c1-11(2)18-10-13(8-15(18)19)16(20)17-9-12-4-6-14(21-3)7-5-12/h4-7,11,13H,8-10H2,1-3H3,(H,17,20)/t13-/m1/s1. The first kappa shape index (κ1) is 15.4. The van der Waals surface area contributed by atoms with Crippen LogP contribution in [0.5, 0.6) is 5.75 Å². The minimum atomic E-state index is -0.238. The summed E-state index contributed by atoms with van der Waals surface area (Å²) in [4.78, 5) is 25.7. The first-order valence-corrected chi connectivity index (χ1v) is 7.21. The summed E-state index contributed by atoms with van der Waals surface area (Å²) in [5, 5.41) is 2.90. The number of rotatable bonds is 5. The first-order valence-electron chi connectivity index (χ1n) is 7.21. The third-order valence-electron chi connectivity index (χ3n) is 3.78. The Morgan fingerprint density at radius 1 is 1.38 bits per heavy atom. The predicted molar refractivity (Wildman–Crippen MR) is 79.8 cm³/mol. The number of amides is 2. The van der Waals surface area contributed by atoms with Crippen LogP contribution in [0.1, 0.15) is 25.8 Å². The molecule has 5 heteroatoms. The van der Waals surface area contributed by atoms with Gasteiger partial charge in [-0.2, -0.15) is 0 Å². The highest BCUT2D eigenvalue weighted by Crippen LogP contribution is 2.20. The van der Waals surface area contributed by atoms with Crippen molar-refractivity contribution in [2.75, 3.05) is 13.7 Å². The normalized spacial score (nSPS) is 18.2. The Labute approximate surface area is 125 Å². The van der Waals surface area contributed by atoms with Crippen molar-refractivity contribution in [1.82, 2.24) is 10.2 Å². The number of hydrogen-bond acceptors (Lipinski definition) is 3. The number of hydrogen-bond donors (Lipinski definition) is 1. The summed E-state index contributed by atoms with van der Waals surface area (Å²) in [5.74, 6) is 0.564. The molecule has 5 nitrogen and oxygen atoms in total. The van der Waals surface area contributed by atoms with Crippen molar-refractivity contribution in [2.24, 2.45) is 5.92 Å². The maximum atomic E-state index is 12.1. The van der Waals surface area contributed by atoms with Gasteiger partial charge in [-0.15, -0.1) is 0 Å². The number of carbonyl (C=O) groups is 2. The fraction of sp³-hybridized carbons (Fsp3) is 0.500. The molecule has 0 bridgehead atoms. The number of methoxy groups -OCH3 is 1. The molecule has 2 rings (SSSR count). The highest BCUT2D eigenvalue weighted by Gasteiger charge is 2.35. The van der Waals surface area contributed by atoms with Crippen LogP contribution >= 0.6 is 0 Å². The Bertz CT molecular complexity index is 511. The fourth-order valence-corrected chi connectivity index (χ4v) is 2.48. The van der Waals surface area contributed by atoms with Crippen molar-refractivity contribution in [2.45, 2.75) is 32.9 Å². The number of ether oxygens (including phenoxy) is 1. The monoisotopic (exact) mass is 290 g/mol. The number of carbonyl (C=O) groups excluding carboxylic acids is 2. The van der Waals surface area contributed by atoms with Crippen LogP contribution in [0.2, 0.25) is 0 Å². The quantitative estimate of drug-likeness (QED) is 0.895. The minimum Gasteiger partial charge on any atom is -0.497 e. The van der Waals surface area contributed by atoms with E-state index in [2.05, 4.69) is 5.32 Å². The predicted octanol–water partition coefficient (Wildman–Crippen LogP) is 1.57. The van der Waals surface area contributed by atoms with Crippen LogP contribution < -0.4 is 10.1 Å². The molecule has 114 valence electrons. The second-order valence-corrected chi connectivity index (χ2v) is 5.61. The Hall–Kier alpha value is -2.04. The van der Waals surface area contributed by atoms with Crippen LogP contribution in [-0.2, 0) is 16.1 Å². The summed E-state index contributed by atoms with van der Waals surface area (Å²) in [6.45, 7) is 4.92. The van der Waals surface area contributed by atoms with Crippen LogP contribution in [-0.4, -0.2) is 36.4 Å². The van der Waals surface area contributed by atoms with Crippen molar-refractivity contribution < 1.29 is 14.3 Å². The molecule has 1 fully saturated rings. The molecule has 21 heavy (non-hydrogen) atoms. The van der Waals surface area contributed by atoms with E-state index in [1.54, 1.807) is 12.0 Å². The molecule has 1 heterocycles. The fourth-order valence-electron chi connectivity index (χ4n) is 2.48. The average Bonchev–Trinajstić information content (AvgIpc) is 2.87. The number of likely N-dealkylation sites (tertiary alicyclic amines) is 1. The molecule has 1 aliphatic heterocycles. The molecule has 1 saturated heterocycles. The van der Waals surface area contributed by atoms with Crippen molar-refractivity contribution in [3.05, 3.63) is 29.8 Å². The number of nitrogens with one attached hydrogen (secondary N) is 1. The summed E-state index contributed by atoms with van der Waals surface area (Å²) >= 11 is 0. The van der Waals surface area contributed by atoms with Crippen molar-refractivity contribution in [1.29, 1.82) is 0 Å². The lowest BCUT2D eigenvalue weighted by Crippen LogP contribution is -2.35. The van der Waals surface area contributed by atoms with Crippen molar-refractivity contribution in [3.8, 4) is 5.75 Å². The van der Waals surface area contributed by atoms with Gasteiger partial charge < -0.3 is 15.0 Å². The maximum absolute atomic E-state index is 12.1. The largest absolute Gasteiger partial charge is 0.497 e. The van der Waals surface area contributed by atoms with Crippen molar-refractivity contribution in [3.63, 3.8) is 0 Å². The molecule has 1 N–H and O–H groups in total. The first-order chi connectivity index (χ1) is 10.0. The van der Waals surface area contributed by atoms with E-state index in [0.717, 1.165) is 11.3 Å². The molecule has 1 aliphatic rings. The molecular formula is C16H22N2O3. The third kappa shape index (κ3) is 3.74. The summed E-state index contributed by atoms with van der Waals surface area (Å²) in [7, 11) is 1.62. The highest BCUT2D eigenvalue weighted by atomic mass is 16.5. The van der Waals surface area contributed by atoms with E-state index in [0.29, 0.717) is 19.5 Å². The topological polar surface area (TPSA) is 58.6 Å². The molecule has 0 unspecified atom stereocenters. The Morgan fingerprint density at radius 3 is 2.57 bits per heavy atom. The van der Waals surface area contributed by atoms with Gasteiger partial charge in [-0.05, 0) is 31.5 Å². The zero-order valence-corrected chi connectivity index (χ0v) is 12.8. The van der Waals surface area contributed by atoms with Crippen LogP contribution in [0.3, 0.4) is 0 Å². The van der Waals surface area contributed by atoms with Crippen LogP contribution in [0, 0.1) is 5.92 Å². The van der Waals surface area contributed by atoms with E-state index in [1.807, 2.05) is 38.1 Å². The van der Waals surface area contributed by atoms with Gasteiger partial charge in [0, 0.05) is 25.6 Å². The second-order valence-electron chi connectivity index (χ2n) is 5.61. The molecular weight excluding hydrogens is 268 g/mol. The summed E-state index contributed by atoms with van der Waals surface area (Å²) in [5.41, 5.74) is 1.01. The van der Waals surface area contributed by atoms with Crippen LogP contribution in [0.25, 0.3) is 0 Å². The second kappa shape index (κ2) is 6.61. The van der Waals surface area contributed by atoms with Gasteiger partial charge in [0.15, 0.2) is 0 Å². The lowest BCUT2D eigenvalue weighted by molar-refractivity contribution is -0.129. The average molecular weight is 290 g/mol. The Balaban J connectivity index is 1.86. The zero-order valence-electron chi connectivity index (χ0n) is 12.8. The molecule has 2 amide bonds.